The monoisotopic (exact) mass is 461 g/mol. The molecule has 0 aliphatic carbocycles. The van der Waals surface area contributed by atoms with E-state index in [2.05, 4.69) is 24.7 Å². The molecule has 162 valence electrons. The van der Waals surface area contributed by atoms with Crippen molar-refractivity contribution in [2.75, 3.05) is 21.0 Å². The lowest BCUT2D eigenvalue weighted by atomic mass is 10.1. The van der Waals surface area contributed by atoms with Crippen molar-refractivity contribution in [2.45, 2.75) is 11.8 Å². The molecule has 0 aliphatic heterocycles. The number of aryl methyl sites for hydroxylation is 1. The fourth-order valence-electron chi connectivity index (χ4n) is 2.56. The minimum Gasteiger partial charge on any atom is -0.322 e. The summed E-state index contributed by atoms with van der Waals surface area (Å²) >= 11 is 0. The topological polar surface area (TPSA) is 147 Å². The van der Waals surface area contributed by atoms with Gasteiger partial charge in [-0.3, -0.25) is 9.52 Å². The lowest BCUT2D eigenvalue weighted by Gasteiger charge is -2.11. The van der Waals surface area contributed by atoms with Crippen LogP contribution in [0.25, 0.3) is 0 Å². The van der Waals surface area contributed by atoms with Gasteiger partial charge in [0.1, 0.15) is 0 Å². The predicted octanol–water partition coefficient (Wildman–Crippen LogP) is 2.21. The largest absolute Gasteiger partial charge is 0.322 e. The van der Waals surface area contributed by atoms with E-state index in [1.54, 1.807) is 25.1 Å². The second kappa shape index (κ2) is 8.70. The van der Waals surface area contributed by atoms with Crippen LogP contribution < -0.4 is 14.8 Å². The third kappa shape index (κ3) is 5.99. The molecule has 0 fully saturated rings. The highest BCUT2D eigenvalue weighted by atomic mass is 32.2. The van der Waals surface area contributed by atoms with E-state index in [-0.39, 0.29) is 22.1 Å². The van der Waals surface area contributed by atoms with Crippen molar-refractivity contribution in [1.29, 1.82) is 0 Å². The molecular weight excluding hydrogens is 442 g/mol. The molecule has 3 rings (SSSR count). The van der Waals surface area contributed by atoms with Gasteiger partial charge in [0.05, 0.1) is 22.4 Å². The van der Waals surface area contributed by atoms with E-state index in [0.29, 0.717) is 11.4 Å². The first-order valence-electron chi connectivity index (χ1n) is 8.84. The van der Waals surface area contributed by atoms with Crippen molar-refractivity contribution in [2.24, 2.45) is 0 Å². The molecule has 1 heterocycles. The zero-order chi connectivity index (χ0) is 22.6. The molecule has 1 aromatic heterocycles. The SMILES string of the molecule is Cc1ccnc(NS(=O)(=O)c2ccc(NC(=O)c3ccccc3NS(C)(=O)=O)cc2)n1. The molecule has 0 spiro atoms. The number of anilines is 3. The molecular formula is C19H19N5O5S2. The summed E-state index contributed by atoms with van der Waals surface area (Å²) in [5, 5.41) is 2.61. The molecule has 2 aromatic carbocycles. The van der Waals surface area contributed by atoms with Gasteiger partial charge in [0.25, 0.3) is 15.9 Å². The van der Waals surface area contributed by atoms with E-state index in [9.17, 15) is 21.6 Å². The summed E-state index contributed by atoms with van der Waals surface area (Å²) in [6.07, 6.45) is 2.42. The Morgan fingerprint density at radius 3 is 2.23 bits per heavy atom. The quantitative estimate of drug-likeness (QED) is 0.489. The number of para-hydroxylation sites is 1. The van der Waals surface area contributed by atoms with Crippen molar-refractivity contribution in [3.63, 3.8) is 0 Å². The Hall–Kier alpha value is -3.51. The number of amides is 1. The van der Waals surface area contributed by atoms with Gasteiger partial charge >= 0.3 is 0 Å². The number of nitrogens with one attached hydrogen (secondary N) is 3. The van der Waals surface area contributed by atoms with Crippen LogP contribution in [0.3, 0.4) is 0 Å². The summed E-state index contributed by atoms with van der Waals surface area (Å²) < 4.78 is 52.6. The van der Waals surface area contributed by atoms with Crippen LogP contribution in [0.15, 0.2) is 65.7 Å². The summed E-state index contributed by atoms with van der Waals surface area (Å²) in [6, 6.07) is 13.2. The molecule has 0 atom stereocenters. The maximum absolute atomic E-state index is 12.6. The molecule has 0 radical (unpaired) electrons. The molecule has 0 aliphatic rings. The second-order valence-corrected chi connectivity index (χ2v) is 9.96. The van der Waals surface area contributed by atoms with E-state index in [0.717, 1.165) is 6.26 Å². The first-order valence-corrected chi connectivity index (χ1v) is 12.2. The van der Waals surface area contributed by atoms with Crippen molar-refractivity contribution in [3.05, 3.63) is 72.1 Å². The average Bonchev–Trinajstić information content (AvgIpc) is 2.67. The number of carbonyl (C=O) groups is 1. The number of hydrogen-bond donors (Lipinski definition) is 3. The summed E-state index contributed by atoms with van der Waals surface area (Å²) in [4.78, 5) is 20.4. The van der Waals surface area contributed by atoms with Gasteiger partial charge in [-0.05, 0) is 49.4 Å². The summed E-state index contributed by atoms with van der Waals surface area (Å²) in [7, 11) is -7.49. The zero-order valence-corrected chi connectivity index (χ0v) is 18.2. The van der Waals surface area contributed by atoms with Crippen LogP contribution >= 0.6 is 0 Å². The van der Waals surface area contributed by atoms with Crippen LogP contribution in [-0.2, 0) is 20.0 Å². The summed E-state index contributed by atoms with van der Waals surface area (Å²) in [5.74, 6) is -0.610. The van der Waals surface area contributed by atoms with Gasteiger partial charge < -0.3 is 5.32 Å². The first-order chi connectivity index (χ1) is 14.5. The van der Waals surface area contributed by atoms with Gasteiger partial charge in [-0.15, -0.1) is 0 Å². The Morgan fingerprint density at radius 1 is 0.903 bits per heavy atom. The normalized spacial score (nSPS) is 11.5. The highest BCUT2D eigenvalue weighted by Crippen LogP contribution is 2.20. The van der Waals surface area contributed by atoms with E-state index in [1.807, 2.05) is 0 Å². The predicted molar refractivity (Wildman–Crippen MR) is 117 cm³/mol. The molecule has 0 unspecified atom stereocenters. The average molecular weight is 462 g/mol. The van der Waals surface area contributed by atoms with Gasteiger partial charge in [0, 0.05) is 17.6 Å². The molecule has 31 heavy (non-hydrogen) atoms. The molecule has 10 nitrogen and oxygen atoms in total. The highest BCUT2D eigenvalue weighted by molar-refractivity contribution is 7.92. The van der Waals surface area contributed by atoms with Crippen molar-refractivity contribution < 1.29 is 21.6 Å². The standard InChI is InChI=1S/C19H19N5O5S2/c1-13-11-12-20-19(21-13)24-31(28,29)15-9-7-14(8-10-15)22-18(25)16-5-3-4-6-17(16)23-30(2,26)27/h3-12,23H,1-2H3,(H,22,25)(H,20,21,24). The molecule has 0 saturated heterocycles. The number of aromatic nitrogens is 2. The minimum absolute atomic E-state index is 0.0465. The Morgan fingerprint density at radius 2 is 1.58 bits per heavy atom. The zero-order valence-electron chi connectivity index (χ0n) is 16.5. The van der Waals surface area contributed by atoms with Gasteiger partial charge in [-0.1, -0.05) is 12.1 Å². The number of carbonyl (C=O) groups excluding carboxylic acids is 1. The van der Waals surface area contributed by atoms with Crippen LogP contribution in [0.2, 0.25) is 0 Å². The summed E-state index contributed by atoms with van der Waals surface area (Å²) in [5.41, 5.74) is 1.17. The van der Waals surface area contributed by atoms with E-state index >= 15 is 0 Å². The molecule has 3 N–H and O–H groups in total. The Labute approximate surface area is 179 Å². The third-order valence-electron chi connectivity index (χ3n) is 3.91. The smallest absolute Gasteiger partial charge is 0.264 e. The maximum atomic E-state index is 12.6. The van der Waals surface area contributed by atoms with Crippen molar-refractivity contribution in [3.8, 4) is 0 Å². The number of hydrogen-bond acceptors (Lipinski definition) is 7. The van der Waals surface area contributed by atoms with Gasteiger partial charge in [-0.25, -0.2) is 31.5 Å². The fourth-order valence-corrected chi connectivity index (χ4v) is 4.09. The van der Waals surface area contributed by atoms with Crippen molar-refractivity contribution >= 4 is 43.3 Å². The number of nitrogens with zero attached hydrogens (tertiary/aromatic N) is 2. The van der Waals surface area contributed by atoms with E-state index in [4.69, 9.17) is 0 Å². The van der Waals surface area contributed by atoms with Gasteiger partial charge in [-0.2, -0.15) is 0 Å². The molecule has 12 heteroatoms. The Bertz CT molecular complexity index is 1320. The maximum Gasteiger partial charge on any atom is 0.264 e. The Balaban J connectivity index is 1.76. The Kier molecular flexibility index (Phi) is 6.22. The van der Waals surface area contributed by atoms with Crippen LogP contribution in [0.5, 0.6) is 0 Å². The number of rotatable bonds is 7. The van der Waals surface area contributed by atoms with Crippen LogP contribution in [0, 0.1) is 6.92 Å². The van der Waals surface area contributed by atoms with Crippen LogP contribution in [0.4, 0.5) is 17.3 Å². The minimum atomic E-state index is -3.92. The first kappa shape index (κ1) is 22.2. The number of benzene rings is 2. The van der Waals surface area contributed by atoms with Crippen LogP contribution in [-0.4, -0.2) is 39.0 Å². The van der Waals surface area contributed by atoms with Gasteiger partial charge in [0.2, 0.25) is 16.0 Å². The second-order valence-electron chi connectivity index (χ2n) is 6.53. The molecule has 0 bridgehead atoms. The fraction of sp³-hybridized carbons (Fsp3) is 0.105. The highest BCUT2D eigenvalue weighted by Gasteiger charge is 2.17. The third-order valence-corrected chi connectivity index (χ3v) is 5.84. The van der Waals surface area contributed by atoms with Gasteiger partial charge in [0.15, 0.2) is 0 Å². The van der Waals surface area contributed by atoms with E-state index in [1.165, 1.54) is 42.6 Å². The molecule has 0 saturated carbocycles. The molecule has 1 amide bonds. The lowest BCUT2D eigenvalue weighted by Crippen LogP contribution is -2.18. The molecule has 3 aromatic rings. The lowest BCUT2D eigenvalue weighted by molar-refractivity contribution is 0.102. The van der Waals surface area contributed by atoms with E-state index < -0.39 is 26.0 Å². The number of sulfonamides is 2. The summed E-state index contributed by atoms with van der Waals surface area (Å²) in [6.45, 7) is 1.71. The van der Waals surface area contributed by atoms with Crippen molar-refractivity contribution in [1.82, 2.24) is 9.97 Å². The van der Waals surface area contributed by atoms with Crippen LogP contribution in [0.1, 0.15) is 16.1 Å².